The van der Waals surface area contributed by atoms with Gasteiger partial charge in [0.2, 0.25) is 0 Å². The summed E-state index contributed by atoms with van der Waals surface area (Å²) in [6.45, 7) is 0. The number of nitrogen functional groups attached to an aromatic ring is 1. The molecule has 0 saturated carbocycles. The molecule has 0 saturated heterocycles. The molecule has 0 aliphatic rings. The van der Waals surface area contributed by atoms with Gasteiger partial charge in [-0.1, -0.05) is 18.2 Å². The van der Waals surface area contributed by atoms with E-state index >= 15 is 0 Å². The number of H-pyrrole nitrogens is 1. The summed E-state index contributed by atoms with van der Waals surface area (Å²) in [4.78, 5) is 7.91. The van der Waals surface area contributed by atoms with Gasteiger partial charge in [-0.25, -0.2) is 4.98 Å². The quantitative estimate of drug-likeness (QED) is 0.558. The van der Waals surface area contributed by atoms with Crippen molar-refractivity contribution in [3.63, 3.8) is 0 Å². The minimum Gasteiger partial charge on any atom is -0.399 e. The van der Waals surface area contributed by atoms with Crippen LogP contribution in [0.3, 0.4) is 0 Å². The second-order valence-corrected chi connectivity index (χ2v) is 5.44. The first kappa shape index (κ1) is 11.5. The Hall–Kier alpha value is -2.27. The Labute approximate surface area is 123 Å². The Morgan fingerprint density at radius 3 is 2.95 bits per heavy atom. The van der Waals surface area contributed by atoms with Crippen molar-refractivity contribution in [2.75, 3.05) is 5.73 Å². The molecule has 3 N–H and O–H groups in total. The zero-order valence-corrected chi connectivity index (χ0v) is 12.1. The number of hydrogen-bond donors (Lipinski definition) is 2. The number of nitrogens with two attached hydrogens (primary N) is 1. The van der Waals surface area contributed by atoms with E-state index < -0.39 is 0 Å². The van der Waals surface area contributed by atoms with Crippen LogP contribution in [0.1, 0.15) is 0 Å². The molecule has 3 aromatic heterocycles. The van der Waals surface area contributed by atoms with Crippen LogP contribution in [-0.4, -0.2) is 14.4 Å². The first-order valence-corrected chi connectivity index (χ1v) is 7.03. The molecule has 0 radical (unpaired) electrons. The van der Waals surface area contributed by atoms with Crippen LogP contribution in [0.5, 0.6) is 0 Å². The SMILES string of the molecule is Nc1ccn2c(-c3c[nH]c4ccccc34)nc(Br)c2c1. The first-order valence-electron chi connectivity index (χ1n) is 6.23. The number of benzene rings is 1. The number of aromatic nitrogens is 3. The Balaban J connectivity index is 2.08. The number of anilines is 1. The van der Waals surface area contributed by atoms with Crippen molar-refractivity contribution in [3.8, 4) is 11.4 Å². The Kier molecular flexibility index (Phi) is 2.37. The second kappa shape index (κ2) is 4.11. The fraction of sp³-hybridized carbons (Fsp3) is 0. The minimum absolute atomic E-state index is 0.726. The number of imidazole rings is 1. The van der Waals surface area contributed by atoms with Gasteiger partial charge in [-0.05, 0) is 34.1 Å². The number of fused-ring (bicyclic) bond motifs is 2. The molecule has 20 heavy (non-hydrogen) atoms. The average molecular weight is 327 g/mol. The number of nitrogens with zero attached hydrogens (tertiary/aromatic N) is 2. The molecule has 0 spiro atoms. The van der Waals surface area contributed by atoms with Crippen LogP contribution in [0.2, 0.25) is 0 Å². The third-order valence-corrected chi connectivity index (χ3v) is 4.04. The fourth-order valence-corrected chi connectivity index (χ4v) is 2.98. The van der Waals surface area contributed by atoms with Crippen molar-refractivity contribution in [3.05, 3.63) is 53.4 Å². The number of nitrogens with one attached hydrogen (secondary N) is 1. The van der Waals surface area contributed by atoms with Crippen molar-refractivity contribution >= 4 is 38.0 Å². The van der Waals surface area contributed by atoms with Gasteiger partial charge in [-0.2, -0.15) is 0 Å². The van der Waals surface area contributed by atoms with Crippen LogP contribution in [0.4, 0.5) is 5.69 Å². The smallest absolute Gasteiger partial charge is 0.148 e. The third kappa shape index (κ3) is 1.56. The maximum atomic E-state index is 5.84. The van der Waals surface area contributed by atoms with E-state index in [1.165, 1.54) is 0 Å². The van der Waals surface area contributed by atoms with Crippen LogP contribution in [0.15, 0.2) is 53.4 Å². The molecule has 4 rings (SSSR count). The Morgan fingerprint density at radius 2 is 2.05 bits per heavy atom. The summed E-state index contributed by atoms with van der Waals surface area (Å²) < 4.78 is 2.83. The molecule has 0 aliphatic carbocycles. The van der Waals surface area contributed by atoms with Gasteiger partial charge in [0.05, 0.1) is 5.52 Å². The van der Waals surface area contributed by atoms with E-state index in [1.807, 2.05) is 41.1 Å². The molecule has 4 aromatic rings. The van der Waals surface area contributed by atoms with Gasteiger partial charge >= 0.3 is 0 Å². The summed E-state index contributed by atoms with van der Waals surface area (Å²) in [5.41, 5.74) is 9.71. The lowest BCUT2D eigenvalue weighted by molar-refractivity contribution is 1.17. The second-order valence-electron chi connectivity index (χ2n) is 4.69. The number of para-hydroxylation sites is 1. The van der Waals surface area contributed by atoms with E-state index in [1.54, 1.807) is 0 Å². The van der Waals surface area contributed by atoms with Gasteiger partial charge < -0.3 is 10.7 Å². The van der Waals surface area contributed by atoms with Crippen LogP contribution in [0, 0.1) is 0 Å². The fourth-order valence-electron chi connectivity index (χ4n) is 2.51. The highest BCUT2D eigenvalue weighted by Gasteiger charge is 2.14. The Morgan fingerprint density at radius 1 is 1.20 bits per heavy atom. The van der Waals surface area contributed by atoms with Crippen LogP contribution < -0.4 is 5.73 Å². The van der Waals surface area contributed by atoms with Gasteiger partial charge in [0.1, 0.15) is 10.4 Å². The number of aromatic amines is 1. The first-order chi connectivity index (χ1) is 9.74. The van der Waals surface area contributed by atoms with Crippen molar-refractivity contribution in [1.29, 1.82) is 0 Å². The normalized spacial score (nSPS) is 11.4. The van der Waals surface area contributed by atoms with Crippen LogP contribution in [0.25, 0.3) is 27.8 Å². The highest BCUT2D eigenvalue weighted by molar-refractivity contribution is 9.10. The van der Waals surface area contributed by atoms with Gasteiger partial charge in [0.25, 0.3) is 0 Å². The monoisotopic (exact) mass is 326 g/mol. The van der Waals surface area contributed by atoms with Gasteiger partial charge in [-0.3, -0.25) is 4.40 Å². The zero-order valence-electron chi connectivity index (χ0n) is 10.5. The molecule has 1 aromatic carbocycles. The van der Waals surface area contributed by atoms with Crippen LogP contribution in [-0.2, 0) is 0 Å². The molecule has 0 aliphatic heterocycles. The van der Waals surface area contributed by atoms with E-state index in [4.69, 9.17) is 5.73 Å². The van der Waals surface area contributed by atoms with Crippen molar-refractivity contribution < 1.29 is 0 Å². The van der Waals surface area contributed by atoms with E-state index in [-0.39, 0.29) is 0 Å². The topological polar surface area (TPSA) is 59.1 Å². The van der Waals surface area contributed by atoms with E-state index in [0.717, 1.165) is 38.1 Å². The predicted molar refractivity (Wildman–Crippen MR) is 84.6 cm³/mol. The summed E-state index contributed by atoms with van der Waals surface area (Å²) in [5.74, 6) is 0.893. The highest BCUT2D eigenvalue weighted by Crippen LogP contribution is 2.31. The summed E-state index contributed by atoms with van der Waals surface area (Å²) in [7, 11) is 0. The summed E-state index contributed by atoms with van der Waals surface area (Å²) in [6, 6.07) is 12.0. The number of rotatable bonds is 1. The molecule has 0 atom stereocenters. The standard InChI is InChI=1S/C15H11BrN4/c16-14-13-7-9(17)5-6-20(13)15(19-14)11-8-18-12-4-2-1-3-10(11)12/h1-8,18H,17H2. The highest BCUT2D eigenvalue weighted by atomic mass is 79.9. The van der Waals surface area contributed by atoms with Crippen LogP contribution >= 0.6 is 15.9 Å². The number of halogens is 1. The summed E-state index contributed by atoms with van der Waals surface area (Å²) in [6.07, 6.45) is 3.93. The van der Waals surface area contributed by atoms with Gasteiger partial charge in [0.15, 0.2) is 0 Å². The van der Waals surface area contributed by atoms with Crippen molar-refractivity contribution in [2.24, 2.45) is 0 Å². The largest absolute Gasteiger partial charge is 0.399 e. The molecular weight excluding hydrogens is 316 g/mol. The lowest BCUT2D eigenvalue weighted by atomic mass is 10.1. The number of hydrogen-bond acceptors (Lipinski definition) is 2. The molecule has 0 bridgehead atoms. The molecule has 5 heteroatoms. The molecule has 0 fully saturated rings. The predicted octanol–water partition coefficient (Wildman–Crippen LogP) is 3.83. The van der Waals surface area contributed by atoms with Crippen molar-refractivity contribution in [2.45, 2.75) is 0 Å². The van der Waals surface area contributed by atoms with Gasteiger partial charge in [0, 0.05) is 34.5 Å². The maximum Gasteiger partial charge on any atom is 0.148 e. The molecule has 4 nitrogen and oxygen atoms in total. The zero-order chi connectivity index (χ0) is 13.7. The Bertz CT molecular complexity index is 936. The average Bonchev–Trinajstić information content (AvgIpc) is 3.01. The molecular formula is C15H11BrN4. The van der Waals surface area contributed by atoms with Crippen molar-refractivity contribution in [1.82, 2.24) is 14.4 Å². The molecule has 98 valence electrons. The third-order valence-electron chi connectivity index (χ3n) is 3.45. The molecule has 0 unspecified atom stereocenters. The minimum atomic E-state index is 0.726. The molecule has 0 amide bonds. The lowest BCUT2D eigenvalue weighted by Crippen LogP contribution is -1.91. The lowest BCUT2D eigenvalue weighted by Gasteiger charge is -2.01. The summed E-state index contributed by atoms with van der Waals surface area (Å²) >= 11 is 3.50. The number of pyridine rings is 1. The van der Waals surface area contributed by atoms with E-state index in [9.17, 15) is 0 Å². The summed E-state index contributed by atoms with van der Waals surface area (Å²) in [5, 5.41) is 1.16. The van der Waals surface area contributed by atoms with Gasteiger partial charge in [-0.15, -0.1) is 0 Å². The molecule has 3 heterocycles. The van der Waals surface area contributed by atoms with E-state index in [0.29, 0.717) is 0 Å². The maximum absolute atomic E-state index is 5.84. The van der Waals surface area contributed by atoms with E-state index in [2.05, 4.69) is 38.0 Å².